The molecular formula is C23H24FN5O. The highest BCUT2D eigenvalue weighted by Crippen LogP contribution is 2.25. The van der Waals surface area contributed by atoms with E-state index in [1.54, 1.807) is 42.5 Å². The predicted molar refractivity (Wildman–Crippen MR) is 113 cm³/mol. The van der Waals surface area contributed by atoms with Crippen molar-refractivity contribution in [1.29, 1.82) is 0 Å². The fourth-order valence-corrected chi connectivity index (χ4v) is 3.62. The minimum atomic E-state index is -0.366. The summed E-state index contributed by atoms with van der Waals surface area (Å²) in [5.41, 5.74) is 2.97. The number of benzene rings is 1. The summed E-state index contributed by atoms with van der Waals surface area (Å²) in [5.74, 6) is 0.160. The Bertz CT molecular complexity index is 1020. The molecule has 1 fully saturated rings. The van der Waals surface area contributed by atoms with Crippen LogP contribution in [0.15, 0.2) is 55.0 Å². The van der Waals surface area contributed by atoms with E-state index in [-0.39, 0.29) is 18.1 Å². The lowest BCUT2D eigenvalue weighted by Crippen LogP contribution is -2.29. The number of anilines is 1. The van der Waals surface area contributed by atoms with Crippen LogP contribution in [0, 0.1) is 5.82 Å². The molecule has 3 aromatic rings. The molecule has 30 heavy (non-hydrogen) atoms. The summed E-state index contributed by atoms with van der Waals surface area (Å²) in [7, 11) is 1.72. The van der Waals surface area contributed by atoms with Gasteiger partial charge >= 0.3 is 0 Å². The molecule has 0 spiro atoms. The van der Waals surface area contributed by atoms with E-state index in [2.05, 4.69) is 14.9 Å². The lowest BCUT2D eigenvalue weighted by atomic mass is 10.1. The molecule has 1 aromatic carbocycles. The highest BCUT2D eigenvalue weighted by Gasteiger charge is 2.20. The Morgan fingerprint density at radius 1 is 1.13 bits per heavy atom. The van der Waals surface area contributed by atoms with Crippen LogP contribution in [0.2, 0.25) is 0 Å². The Hall–Kier alpha value is -3.35. The molecule has 0 N–H and O–H groups in total. The lowest BCUT2D eigenvalue weighted by Gasteiger charge is -2.21. The van der Waals surface area contributed by atoms with Gasteiger partial charge in [-0.2, -0.15) is 0 Å². The Kier molecular flexibility index (Phi) is 5.97. The van der Waals surface area contributed by atoms with E-state index in [4.69, 9.17) is 4.98 Å². The Balaban J connectivity index is 1.59. The first-order chi connectivity index (χ1) is 14.6. The molecule has 0 bridgehead atoms. The highest BCUT2D eigenvalue weighted by molar-refractivity contribution is 5.79. The zero-order valence-electron chi connectivity index (χ0n) is 17.0. The molecule has 0 atom stereocenters. The molecule has 4 rings (SSSR count). The average molecular weight is 405 g/mol. The highest BCUT2D eigenvalue weighted by atomic mass is 19.1. The molecule has 0 saturated carbocycles. The maximum atomic E-state index is 13.9. The average Bonchev–Trinajstić information content (AvgIpc) is 3.31. The number of carbonyl (C=O) groups is 1. The Labute approximate surface area is 175 Å². The zero-order valence-corrected chi connectivity index (χ0v) is 17.0. The molecule has 0 aliphatic carbocycles. The van der Waals surface area contributed by atoms with Gasteiger partial charge in [-0.3, -0.25) is 9.78 Å². The van der Waals surface area contributed by atoms with Crippen molar-refractivity contribution >= 4 is 11.9 Å². The molecule has 0 radical (unpaired) electrons. The first-order valence-corrected chi connectivity index (χ1v) is 10.1. The van der Waals surface area contributed by atoms with Gasteiger partial charge in [-0.05, 0) is 42.2 Å². The molecule has 6 nitrogen and oxygen atoms in total. The van der Waals surface area contributed by atoms with Crippen molar-refractivity contribution in [3.8, 4) is 11.1 Å². The minimum absolute atomic E-state index is 0.0117. The van der Waals surface area contributed by atoms with Crippen molar-refractivity contribution in [3.63, 3.8) is 0 Å². The van der Waals surface area contributed by atoms with E-state index in [9.17, 15) is 9.18 Å². The smallest absolute Gasteiger partial charge is 0.227 e. The van der Waals surface area contributed by atoms with Gasteiger partial charge < -0.3 is 9.80 Å². The van der Waals surface area contributed by atoms with Crippen molar-refractivity contribution in [3.05, 3.63) is 72.1 Å². The first kappa shape index (κ1) is 19.9. The van der Waals surface area contributed by atoms with Gasteiger partial charge in [0.05, 0.1) is 18.7 Å². The minimum Gasteiger partial charge on any atom is -0.341 e. The second-order valence-electron chi connectivity index (χ2n) is 7.48. The second kappa shape index (κ2) is 8.98. The van der Waals surface area contributed by atoms with Crippen molar-refractivity contribution in [2.75, 3.05) is 25.0 Å². The Morgan fingerprint density at radius 3 is 2.60 bits per heavy atom. The van der Waals surface area contributed by atoms with Crippen molar-refractivity contribution in [2.45, 2.75) is 25.8 Å². The zero-order chi connectivity index (χ0) is 20.9. The van der Waals surface area contributed by atoms with Gasteiger partial charge in [0.1, 0.15) is 5.82 Å². The van der Waals surface area contributed by atoms with E-state index < -0.39 is 0 Å². The number of hydrogen-bond acceptors (Lipinski definition) is 5. The van der Waals surface area contributed by atoms with Gasteiger partial charge in [0.15, 0.2) is 0 Å². The van der Waals surface area contributed by atoms with Crippen LogP contribution >= 0.6 is 0 Å². The number of likely N-dealkylation sites (N-methyl/N-ethyl adjacent to an activating group) is 1. The third kappa shape index (κ3) is 4.45. The van der Waals surface area contributed by atoms with Gasteiger partial charge in [0, 0.05) is 44.3 Å². The molecule has 7 heteroatoms. The molecule has 1 amide bonds. The van der Waals surface area contributed by atoms with Crippen LogP contribution in [-0.2, 0) is 17.8 Å². The maximum Gasteiger partial charge on any atom is 0.227 e. The summed E-state index contributed by atoms with van der Waals surface area (Å²) < 4.78 is 13.9. The molecule has 1 aliphatic rings. The molecule has 154 valence electrons. The molecule has 1 aliphatic heterocycles. The number of carbonyl (C=O) groups excluding carboxylic acids is 1. The molecule has 0 unspecified atom stereocenters. The fraction of sp³-hybridized carbons (Fsp3) is 0.304. The normalized spacial score (nSPS) is 13.5. The summed E-state index contributed by atoms with van der Waals surface area (Å²) >= 11 is 0. The third-order valence-electron chi connectivity index (χ3n) is 5.35. The maximum absolute atomic E-state index is 13.9. The number of aromatic nitrogens is 3. The van der Waals surface area contributed by atoms with Crippen molar-refractivity contribution < 1.29 is 9.18 Å². The summed E-state index contributed by atoms with van der Waals surface area (Å²) in [5, 5.41) is 0. The molecular weight excluding hydrogens is 381 g/mol. The van der Waals surface area contributed by atoms with Gasteiger partial charge in [-0.25, -0.2) is 14.4 Å². The number of nitrogens with zero attached hydrogens (tertiary/aromatic N) is 5. The van der Waals surface area contributed by atoms with Crippen LogP contribution in [0.3, 0.4) is 0 Å². The van der Waals surface area contributed by atoms with Crippen LogP contribution in [-0.4, -0.2) is 45.9 Å². The van der Waals surface area contributed by atoms with Crippen LogP contribution in [0.4, 0.5) is 10.3 Å². The Morgan fingerprint density at radius 2 is 1.87 bits per heavy atom. The number of hydrogen-bond donors (Lipinski definition) is 0. The van der Waals surface area contributed by atoms with E-state index >= 15 is 0 Å². The van der Waals surface area contributed by atoms with Gasteiger partial charge in [0.2, 0.25) is 11.9 Å². The topological polar surface area (TPSA) is 62.2 Å². The van der Waals surface area contributed by atoms with E-state index in [0.717, 1.165) is 42.8 Å². The van der Waals surface area contributed by atoms with Gasteiger partial charge in [-0.15, -0.1) is 0 Å². The number of pyridine rings is 1. The third-order valence-corrected chi connectivity index (χ3v) is 5.35. The van der Waals surface area contributed by atoms with Gasteiger partial charge in [0.25, 0.3) is 0 Å². The molecule has 2 aromatic heterocycles. The van der Waals surface area contributed by atoms with E-state index in [0.29, 0.717) is 18.1 Å². The molecule has 1 saturated heterocycles. The second-order valence-corrected chi connectivity index (χ2v) is 7.48. The number of amides is 1. The SMILES string of the molecule is CN(Cc1nc(N2CCCC2)ncc1-c1ccncc1)C(=O)Cc1ccccc1F. The number of rotatable bonds is 6. The first-order valence-electron chi connectivity index (χ1n) is 10.1. The monoisotopic (exact) mass is 405 g/mol. The largest absolute Gasteiger partial charge is 0.341 e. The van der Waals surface area contributed by atoms with Crippen LogP contribution in [0.1, 0.15) is 24.1 Å². The van der Waals surface area contributed by atoms with Gasteiger partial charge in [-0.1, -0.05) is 18.2 Å². The van der Waals surface area contributed by atoms with Crippen molar-refractivity contribution in [2.24, 2.45) is 0 Å². The standard InChI is InChI=1S/C23H24FN5O/c1-28(22(30)14-18-6-2-3-7-20(18)24)16-21-19(17-8-10-25-11-9-17)15-26-23(27-21)29-12-4-5-13-29/h2-3,6-11,15H,4-5,12-14,16H2,1H3. The summed E-state index contributed by atoms with van der Waals surface area (Å²) in [6, 6.07) is 10.2. The van der Waals surface area contributed by atoms with Crippen LogP contribution < -0.4 is 4.90 Å². The number of halogens is 1. The lowest BCUT2D eigenvalue weighted by molar-refractivity contribution is -0.129. The summed E-state index contributed by atoms with van der Waals surface area (Å²) in [6.07, 6.45) is 7.54. The predicted octanol–water partition coefficient (Wildman–Crippen LogP) is 3.48. The van der Waals surface area contributed by atoms with Crippen LogP contribution in [0.25, 0.3) is 11.1 Å². The molecule has 3 heterocycles. The quantitative estimate of drug-likeness (QED) is 0.628. The van der Waals surface area contributed by atoms with E-state index in [1.807, 2.05) is 18.3 Å². The summed E-state index contributed by atoms with van der Waals surface area (Å²) in [4.78, 5) is 30.0. The summed E-state index contributed by atoms with van der Waals surface area (Å²) in [6.45, 7) is 2.19. The van der Waals surface area contributed by atoms with Crippen LogP contribution in [0.5, 0.6) is 0 Å². The van der Waals surface area contributed by atoms with E-state index in [1.165, 1.54) is 6.07 Å². The van der Waals surface area contributed by atoms with Crippen molar-refractivity contribution in [1.82, 2.24) is 19.9 Å². The fourth-order valence-electron chi connectivity index (χ4n) is 3.62.